The van der Waals surface area contributed by atoms with Crippen LogP contribution in [0.5, 0.6) is 5.75 Å². The molecular weight excluding hydrogens is 663 g/mol. The van der Waals surface area contributed by atoms with Gasteiger partial charge in [-0.3, -0.25) is 9.11 Å². The summed E-state index contributed by atoms with van der Waals surface area (Å²) in [4.78, 5) is 1.92. The van der Waals surface area contributed by atoms with Crippen LogP contribution in [0.4, 0.5) is 5.69 Å². The molecule has 10 nitrogen and oxygen atoms in total. The van der Waals surface area contributed by atoms with Crippen LogP contribution in [0, 0.1) is 0 Å². The van der Waals surface area contributed by atoms with E-state index in [0.29, 0.717) is 47.5 Å². The summed E-state index contributed by atoms with van der Waals surface area (Å²) in [6.45, 7) is 2.69. The second kappa shape index (κ2) is 15.5. The van der Waals surface area contributed by atoms with Gasteiger partial charge in [-0.05, 0) is 60.2 Å². The van der Waals surface area contributed by atoms with Crippen molar-refractivity contribution >= 4 is 84.3 Å². The number of ether oxygens (including phenoxy) is 1. The van der Waals surface area contributed by atoms with Crippen molar-refractivity contribution in [2.75, 3.05) is 23.0 Å². The van der Waals surface area contributed by atoms with Crippen molar-refractivity contribution in [2.45, 2.75) is 39.2 Å². The molecule has 14 heteroatoms. The third-order valence-electron chi connectivity index (χ3n) is 7.37. The molecule has 1 aliphatic rings. The minimum Gasteiger partial charge on any atom is -0.439 e. The normalized spacial score (nSPS) is 14.4. The molecule has 2 N–H and O–H groups in total. The average molecular weight is 697 g/mol. The van der Waals surface area contributed by atoms with Crippen LogP contribution in [-0.4, -0.2) is 73.5 Å². The van der Waals surface area contributed by atoms with E-state index in [4.69, 9.17) is 25.3 Å². The van der Waals surface area contributed by atoms with Gasteiger partial charge in [-0.2, -0.15) is 21.4 Å². The molecule has 0 saturated carbocycles. The Bertz CT molecular complexity index is 1980. The van der Waals surface area contributed by atoms with Crippen molar-refractivity contribution in [3.63, 3.8) is 0 Å². The Kier molecular flexibility index (Phi) is 12.2. The van der Waals surface area contributed by atoms with Crippen molar-refractivity contribution in [3.8, 4) is 16.9 Å². The van der Waals surface area contributed by atoms with Gasteiger partial charge in [0.05, 0.1) is 23.3 Å². The number of halogens is 1. The Morgan fingerprint density at radius 1 is 0.913 bits per heavy atom. The van der Waals surface area contributed by atoms with E-state index in [1.165, 1.54) is 0 Å². The molecule has 0 fully saturated rings. The molecule has 0 bridgehead atoms. The summed E-state index contributed by atoms with van der Waals surface area (Å²) in [5.74, 6) is 0.900. The van der Waals surface area contributed by atoms with Crippen LogP contribution in [-0.2, 0) is 26.8 Å². The Morgan fingerprint density at radius 3 is 2.33 bits per heavy atom. The van der Waals surface area contributed by atoms with Gasteiger partial charge in [-0.1, -0.05) is 54.9 Å². The van der Waals surface area contributed by atoms with Crippen molar-refractivity contribution in [1.82, 2.24) is 0 Å². The molecule has 0 unspecified atom stereocenters. The number of hydrogen-bond acceptors (Lipinski definition) is 7. The molecule has 1 aliphatic heterocycles. The van der Waals surface area contributed by atoms with Crippen molar-refractivity contribution in [1.29, 1.82) is 0 Å². The molecule has 0 spiro atoms. The van der Waals surface area contributed by atoms with E-state index in [1.54, 1.807) is 18.2 Å². The fourth-order valence-corrected chi connectivity index (χ4v) is 6.41. The summed E-state index contributed by atoms with van der Waals surface area (Å²) in [5.41, 5.74) is 4.99. The van der Waals surface area contributed by atoms with E-state index < -0.39 is 20.2 Å². The van der Waals surface area contributed by atoms with E-state index in [1.807, 2.05) is 77.1 Å². The third-order valence-corrected chi connectivity index (χ3v) is 9.22. The van der Waals surface area contributed by atoms with Gasteiger partial charge in [0.1, 0.15) is 0 Å². The van der Waals surface area contributed by atoms with Crippen LogP contribution >= 0.6 is 11.6 Å². The molecule has 5 rings (SSSR count). The van der Waals surface area contributed by atoms with Crippen LogP contribution in [0.1, 0.15) is 38.5 Å². The Labute approximate surface area is 296 Å². The molecule has 46 heavy (non-hydrogen) atoms. The summed E-state index contributed by atoms with van der Waals surface area (Å²) < 4.78 is 78.3. The fourth-order valence-electron chi connectivity index (χ4n) is 5.18. The molecular formula is C32H34ClN2NaO8S2+. The third kappa shape index (κ3) is 9.45. The van der Waals surface area contributed by atoms with Gasteiger partial charge >= 0.3 is 5.89 Å². The van der Waals surface area contributed by atoms with Gasteiger partial charge in [-0.25, -0.2) is 0 Å². The average Bonchev–Trinajstić information content (AvgIpc) is 3.50. The van der Waals surface area contributed by atoms with Crippen LogP contribution in [0.2, 0.25) is 5.02 Å². The maximum atomic E-state index is 11.5. The van der Waals surface area contributed by atoms with Crippen molar-refractivity contribution < 1.29 is 39.7 Å². The number of fused-ring (bicyclic) bond motifs is 2. The van der Waals surface area contributed by atoms with Gasteiger partial charge in [0.2, 0.25) is 11.5 Å². The smallest absolute Gasteiger partial charge is 0.374 e. The van der Waals surface area contributed by atoms with Crippen molar-refractivity contribution in [3.05, 3.63) is 95.2 Å². The van der Waals surface area contributed by atoms with Gasteiger partial charge in [0, 0.05) is 59.7 Å². The summed E-state index contributed by atoms with van der Waals surface area (Å²) in [5, 5.41) is 0.524. The van der Waals surface area contributed by atoms with E-state index >= 15 is 0 Å². The number of nitrogens with zero attached hydrogens (tertiary/aromatic N) is 2. The molecule has 2 heterocycles. The van der Waals surface area contributed by atoms with Gasteiger partial charge in [0.25, 0.3) is 25.8 Å². The number of benzene rings is 3. The van der Waals surface area contributed by atoms with E-state index in [2.05, 4.69) is 0 Å². The minimum atomic E-state index is -4.14. The van der Waals surface area contributed by atoms with Crippen LogP contribution in [0.15, 0.2) is 88.7 Å². The zero-order valence-corrected chi connectivity index (χ0v) is 30.0. The number of unbranched alkanes of at least 4 members (excludes halogenated alkanes) is 1. The van der Waals surface area contributed by atoms with Crippen LogP contribution in [0.25, 0.3) is 28.3 Å². The molecule has 1 radical (unpaired) electrons. The SMILES string of the molecule is CCC(=C\c1oc2ccc(-c3ccccc3)cc2[n+]1CCCS(=O)(=O)O)/C=C1/Oc2ccc(Cl)cc2N1CCCCS(=O)(=O)O.[Na]. The zero-order valence-electron chi connectivity index (χ0n) is 25.6. The number of rotatable bonds is 13. The van der Waals surface area contributed by atoms with Gasteiger partial charge in [0.15, 0.2) is 12.3 Å². The molecule has 0 aliphatic carbocycles. The quantitative estimate of drug-likeness (QED) is 0.0731. The topological polar surface area (TPSA) is 138 Å². The Morgan fingerprint density at radius 2 is 1.63 bits per heavy atom. The predicted octanol–water partition coefficient (Wildman–Crippen LogP) is 6.14. The number of oxazole rings is 1. The molecule has 0 atom stereocenters. The Balaban J connectivity index is 0.00000480. The summed E-state index contributed by atoms with van der Waals surface area (Å²) in [6.07, 6.45) is 5.26. The monoisotopic (exact) mass is 696 g/mol. The van der Waals surface area contributed by atoms with Gasteiger partial charge < -0.3 is 14.1 Å². The van der Waals surface area contributed by atoms with Crippen LogP contribution in [0.3, 0.4) is 0 Å². The fraction of sp³-hybridized carbons (Fsp3) is 0.281. The van der Waals surface area contributed by atoms with Gasteiger partial charge in [-0.15, -0.1) is 0 Å². The molecule has 0 amide bonds. The second-order valence-corrected chi connectivity index (χ2v) is 14.3. The second-order valence-electron chi connectivity index (χ2n) is 10.7. The first-order valence-electron chi connectivity index (χ1n) is 14.5. The van der Waals surface area contributed by atoms with E-state index in [0.717, 1.165) is 27.9 Å². The number of anilines is 1. The molecule has 1 aromatic heterocycles. The summed E-state index contributed by atoms with van der Waals surface area (Å²) in [6, 6.07) is 21.0. The standard InChI is InChI=1S/C32H33ClN2O8S2.Na/c1-2-23(19-31-34(15-6-7-17-44(36,37)38)28-22-26(33)12-14-30(28)43-31)20-32-35(16-8-18-45(39,40)41)27-21-25(11-13-29(27)42-32)24-9-4-3-5-10-24;/h3-5,9-14,19-22H,2,6-8,15-18H2,1H3,(H-,36,37,38,39,40,41);/p+1. The van der Waals surface area contributed by atoms with E-state index in [-0.39, 0.29) is 60.4 Å². The zero-order chi connectivity index (χ0) is 32.2. The number of allylic oxidation sites excluding steroid dienone is 2. The number of aryl methyl sites for hydroxylation is 1. The van der Waals surface area contributed by atoms with Crippen molar-refractivity contribution in [2.24, 2.45) is 0 Å². The Hall–Kier alpha value is -2.68. The summed E-state index contributed by atoms with van der Waals surface area (Å²) >= 11 is 6.28. The first-order valence-corrected chi connectivity index (χ1v) is 18.1. The number of hydrogen-bond donors (Lipinski definition) is 2. The molecule has 239 valence electrons. The predicted molar refractivity (Wildman–Crippen MR) is 180 cm³/mol. The van der Waals surface area contributed by atoms with Crippen LogP contribution < -0.4 is 14.2 Å². The first-order chi connectivity index (χ1) is 21.4. The largest absolute Gasteiger partial charge is 0.439 e. The molecule has 3 aromatic carbocycles. The summed E-state index contributed by atoms with van der Waals surface area (Å²) in [7, 11) is -8.20. The molecule has 4 aromatic rings. The molecule has 0 saturated heterocycles. The minimum absolute atomic E-state index is 0. The van der Waals surface area contributed by atoms with E-state index in [9.17, 15) is 21.4 Å². The first kappa shape index (κ1) is 36.2. The maximum absolute atomic E-state index is 11.5. The number of aromatic nitrogens is 1. The maximum Gasteiger partial charge on any atom is 0.374 e.